The largest absolute Gasteiger partial charge is 0.378 e. The summed E-state index contributed by atoms with van der Waals surface area (Å²) in [7, 11) is 0. The number of nitrogens with zero attached hydrogens (tertiary/aromatic N) is 3. The molecule has 8 heteroatoms. The summed E-state index contributed by atoms with van der Waals surface area (Å²) in [6, 6.07) is 7.35. The van der Waals surface area contributed by atoms with Crippen molar-refractivity contribution >= 4 is 11.5 Å². The monoisotopic (exact) mass is 290 g/mol. The van der Waals surface area contributed by atoms with Crippen LogP contribution in [0.5, 0.6) is 0 Å². The minimum atomic E-state index is -0.472. The van der Waals surface area contributed by atoms with E-state index in [4.69, 9.17) is 4.74 Å². The molecule has 110 valence electrons. The van der Waals surface area contributed by atoms with Gasteiger partial charge in [-0.05, 0) is 12.1 Å². The van der Waals surface area contributed by atoms with Gasteiger partial charge in [-0.1, -0.05) is 0 Å². The summed E-state index contributed by atoms with van der Waals surface area (Å²) in [6.45, 7) is 2.70. The van der Waals surface area contributed by atoms with E-state index in [0.29, 0.717) is 18.9 Å². The molecular formula is C13H14N4O4. The van der Waals surface area contributed by atoms with E-state index in [1.54, 1.807) is 12.1 Å². The average molecular weight is 290 g/mol. The van der Waals surface area contributed by atoms with Crippen molar-refractivity contribution < 1.29 is 9.66 Å². The van der Waals surface area contributed by atoms with E-state index in [0.717, 1.165) is 18.9 Å². The minimum Gasteiger partial charge on any atom is -0.378 e. The molecule has 1 fully saturated rings. The summed E-state index contributed by atoms with van der Waals surface area (Å²) in [5.41, 5.74) is 0.349. The number of nitro groups is 1. The molecule has 0 aliphatic carbocycles. The quantitative estimate of drug-likeness (QED) is 0.670. The lowest BCUT2D eigenvalue weighted by Crippen LogP contribution is -2.36. The first-order valence-electron chi connectivity index (χ1n) is 6.55. The Hall–Kier alpha value is -2.61. The van der Waals surface area contributed by atoms with Crippen molar-refractivity contribution in [2.75, 3.05) is 31.2 Å². The minimum absolute atomic E-state index is 0.00763. The van der Waals surface area contributed by atoms with E-state index in [9.17, 15) is 14.9 Å². The third-order valence-electron chi connectivity index (χ3n) is 3.38. The Morgan fingerprint density at radius 2 is 1.86 bits per heavy atom. The van der Waals surface area contributed by atoms with Crippen molar-refractivity contribution in [3.63, 3.8) is 0 Å². The van der Waals surface area contributed by atoms with Gasteiger partial charge in [0.25, 0.3) is 11.2 Å². The zero-order chi connectivity index (χ0) is 14.8. The van der Waals surface area contributed by atoms with Crippen molar-refractivity contribution in [2.24, 2.45) is 0 Å². The highest BCUT2D eigenvalue weighted by atomic mass is 16.6. The normalized spacial score (nSPS) is 15.1. The van der Waals surface area contributed by atoms with Gasteiger partial charge >= 0.3 is 0 Å². The van der Waals surface area contributed by atoms with E-state index in [1.165, 1.54) is 22.9 Å². The molecule has 0 unspecified atom stereocenters. The second kappa shape index (κ2) is 5.41. The van der Waals surface area contributed by atoms with Crippen LogP contribution in [-0.4, -0.2) is 41.0 Å². The third-order valence-corrected chi connectivity index (χ3v) is 3.38. The van der Waals surface area contributed by atoms with Crippen LogP contribution in [0.3, 0.4) is 0 Å². The molecule has 0 spiro atoms. The number of hydrogen-bond donors (Lipinski definition) is 1. The average Bonchev–Trinajstić information content (AvgIpc) is 2.90. The highest BCUT2D eigenvalue weighted by molar-refractivity contribution is 5.44. The molecule has 1 saturated heterocycles. The lowest BCUT2D eigenvalue weighted by atomic mass is 10.3. The van der Waals surface area contributed by atoms with Crippen molar-refractivity contribution in [1.82, 2.24) is 9.78 Å². The Morgan fingerprint density at radius 1 is 1.19 bits per heavy atom. The number of H-pyrrole nitrogens is 1. The van der Waals surface area contributed by atoms with E-state index >= 15 is 0 Å². The van der Waals surface area contributed by atoms with Crippen LogP contribution in [0.15, 0.2) is 35.1 Å². The Labute approximate surface area is 119 Å². The van der Waals surface area contributed by atoms with Gasteiger partial charge in [-0.15, -0.1) is 0 Å². The fourth-order valence-electron chi connectivity index (χ4n) is 2.26. The first-order chi connectivity index (χ1) is 10.1. The van der Waals surface area contributed by atoms with Crippen LogP contribution in [0, 0.1) is 10.1 Å². The molecule has 21 heavy (non-hydrogen) atoms. The van der Waals surface area contributed by atoms with Gasteiger partial charge in [0.15, 0.2) is 0 Å². The van der Waals surface area contributed by atoms with Crippen LogP contribution < -0.4 is 10.5 Å². The van der Waals surface area contributed by atoms with Gasteiger partial charge in [0.2, 0.25) is 0 Å². The zero-order valence-electron chi connectivity index (χ0n) is 11.2. The molecule has 2 heterocycles. The molecule has 1 aliphatic rings. The predicted molar refractivity (Wildman–Crippen MR) is 76.1 cm³/mol. The summed E-state index contributed by atoms with van der Waals surface area (Å²) >= 11 is 0. The molecule has 1 aromatic carbocycles. The Balaban J connectivity index is 1.90. The highest BCUT2D eigenvalue weighted by Crippen LogP contribution is 2.16. The molecule has 1 aliphatic heterocycles. The van der Waals surface area contributed by atoms with Crippen molar-refractivity contribution in [3.05, 3.63) is 50.8 Å². The summed E-state index contributed by atoms with van der Waals surface area (Å²) in [5.74, 6) is 0.724. The third kappa shape index (κ3) is 2.65. The smallest absolute Gasteiger partial charge is 0.273 e. The topological polar surface area (TPSA) is 93.4 Å². The van der Waals surface area contributed by atoms with Gasteiger partial charge in [-0.25, -0.2) is 4.68 Å². The van der Waals surface area contributed by atoms with Crippen LogP contribution in [-0.2, 0) is 4.74 Å². The van der Waals surface area contributed by atoms with Crippen LogP contribution in [0.1, 0.15) is 0 Å². The Bertz CT molecular complexity index is 698. The van der Waals surface area contributed by atoms with Crippen LogP contribution in [0.25, 0.3) is 5.69 Å². The van der Waals surface area contributed by atoms with Crippen molar-refractivity contribution in [2.45, 2.75) is 0 Å². The number of hydrogen-bond acceptors (Lipinski definition) is 5. The number of nitrogens with one attached hydrogen (secondary N) is 1. The summed E-state index contributed by atoms with van der Waals surface area (Å²) in [6.07, 6.45) is 0. The van der Waals surface area contributed by atoms with E-state index in [-0.39, 0.29) is 11.2 Å². The van der Waals surface area contributed by atoms with E-state index in [2.05, 4.69) is 5.10 Å². The van der Waals surface area contributed by atoms with Gasteiger partial charge in [0, 0.05) is 31.3 Å². The van der Waals surface area contributed by atoms with Crippen LogP contribution in [0.2, 0.25) is 0 Å². The Morgan fingerprint density at radius 3 is 2.48 bits per heavy atom. The van der Waals surface area contributed by atoms with Gasteiger partial charge < -0.3 is 9.64 Å². The second-order valence-corrected chi connectivity index (χ2v) is 4.69. The number of aromatic nitrogens is 2. The number of ether oxygens (including phenoxy) is 1. The maximum Gasteiger partial charge on any atom is 0.273 e. The number of aromatic amines is 1. The molecule has 1 N–H and O–H groups in total. The number of benzene rings is 1. The van der Waals surface area contributed by atoms with Crippen LogP contribution in [0.4, 0.5) is 11.5 Å². The fourth-order valence-corrected chi connectivity index (χ4v) is 2.26. The number of morpholine rings is 1. The molecule has 0 amide bonds. The first-order valence-corrected chi connectivity index (χ1v) is 6.55. The molecule has 0 saturated carbocycles. The predicted octanol–water partition coefficient (Wildman–Crippen LogP) is 0.910. The first kappa shape index (κ1) is 13.4. The molecule has 0 radical (unpaired) electrons. The Kier molecular flexibility index (Phi) is 3.44. The molecule has 8 nitrogen and oxygen atoms in total. The number of rotatable bonds is 3. The van der Waals surface area contributed by atoms with Gasteiger partial charge in [-0.2, -0.15) is 0 Å². The molecular weight excluding hydrogens is 276 g/mol. The lowest BCUT2D eigenvalue weighted by molar-refractivity contribution is -0.384. The highest BCUT2D eigenvalue weighted by Gasteiger charge is 2.15. The van der Waals surface area contributed by atoms with E-state index in [1.807, 2.05) is 4.90 Å². The van der Waals surface area contributed by atoms with Gasteiger partial charge in [0.1, 0.15) is 5.82 Å². The number of nitro benzene ring substituents is 1. The number of anilines is 1. The maximum atomic E-state index is 12.0. The zero-order valence-corrected chi connectivity index (χ0v) is 11.2. The van der Waals surface area contributed by atoms with Gasteiger partial charge in [0.05, 0.1) is 23.8 Å². The van der Waals surface area contributed by atoms with Crippen molar-refractivity contribution in [3.8, 4) is 5.69 Å². The summed E-state index contributed by atoms with van der Waals surface area (Å²) in [5, 5.41) is 13.7. The second-order valence-electron chi connectivity index (χ2n) is 4.69. The summed E-state index contributed by atoms with van der Waals surface area (Å²) < 4.78 is 6.64. The molecule has 0 bridgehead atoms. The number of non-ortho nitro benzene ring substituents is 1. The standard InChI is InChI=1S/C13H14N4O4/c18-13-9-12(15-5-7-21-8-6-15)14-16(13)10-1-3-11(4-2-10)17(19)20/h1-4,9,14H,5-8H2. The SMILES string of the molecule is O=c1cc(N2CCOCC2)[nH]n1-c1ccc([N+](=O)[O-])cc1. The van der Waals surface area contributed by atoms with Crippen molar-refractivity contribution in [1.29, 1.82) is 0 Å². The maximum absolute atomic E-state index is 12.0. The molecule has 1 aromatic heterocycles. The summed E-state index contributed by atoms with van der Waals surface area (Å²) in [4.78, 5) is 24.2. The fraction of sp³-hybridized carbons (Fsp3) is 0.308. The molecule has 0 atom stereocenters. The molecule has 3 rings (SSSR count). The van der Waals surface area contributed by atoms with E-state index < -0.39 is 4.92 Å². The lowest BCUT2D eigenvalue weighted by Gasteiger charge is -2.27. The van der Waals surface area contributed by atoms with Crippen LogP contribution >= 0.6 is 0 Å². The van der Waals surface area contributed by atoms with Gasteiger partial charge in [-0.3, -0.25) is 20.0 Å². The molecule has 2 aromatic rings.